The summed E-state index contributed by atoms with van der Waals surface area (Å²) in [6.07, 6.45) is 0.469. The highest BCUT2D eigenvalue weighted by molar-refractivity contribution is 5.82. The molecule has 0 saturated carbocycles. The van der Waals surface area contributed by atoms with Gasteiger partial charge in [0, 0.05) is 13.1 Å². The van der Waals surface area contributed by atoms with Crippen LogP contribution in [0.25, 0.3) is 0 Å². The van der Waals surface area contributed by atoms with Gasteiger partial charge in [-0.1, -0.05) is 13.8 Å². The van der Waals surface area contributed by atoms with E-state index in [1.807, 2.05) is 27.7 Å². The SMILES string of the molecule is CC1CN(C(=O)OC(C)(C)C)CCC12NNC(=O)C2C. The summed E-state index contributed by atoms with van der Waals surface area (Å²) >= 11 is 0. The molecule has 6 heteroatoms. The first-order valence-corrected chi connectivity index (χ1v) is 7.21. The molecule has 2 rings (SSSR count). The Hall–Kier alpha value is -1.30. The van der Waals surface area contributed by atoms with Crippen molar-refractivity contribution in [3.8, 4) is 0 Å². The molecule has 2 N–H and O–H groups in total. The van der Waals surface area contributed by atoms with Crippen molar-refractivity contribution < 1.29 is 14.3 Å². The zero-order chi connectivity index (χ0) is 15.1. The van der Waals surface area contributed by atoms with Gasteiger partial charge < -0.3 is 9.64 Å². The molecule has 114 valence electrons. The molecule has 2 aliphatic rings. The first-order valence-electron chi connectivity index (χ1n) is 7.21. The third kappa shape index (κ3) is 2.61. The average Bonchev–Trinajstić information content (AvgIpc) is 2.60. The van der Waals surface area contributed by atoms with Gasteiger partial charge in [-0.2, -0.15) is 0 Å². The third-order valence-electron chi connectivity index (χ3n) is 4.41. The summed E-state index contributed by atoms with van der Waals surface area (Å²) in [4.78, 5) is 25.6. The summed E-state index contributed by atoms with van der Waals surface area (Å²) in [6, 6.07) is 0. The highest BCUT2D eigenvalue weighted by Crippen LogP contribution is 2.37. The van der Waals surface area contributed by atoms with Crippen molar-refractivity contribution in [2.75, 3.05) is 13.1 Å². The van der Waals surface area contributed by atoms with Crippen LogP contribution in [-0.4, -0.2) is 41.1 Å². The molecule has 20 heavy (non-hydrogen) atoms. The minimum Gasteiger partial charge on any atom is -0.444 e. The van der Waals surface area contributed by atoms with E-state index in [-0.39, 0.29) is 29.4 Å². The van der Waals surface area contributed by atoms with Crippen LogP contribution in [0.15, 0.2) is 0 Å². The Balaban J connectivity index is 2.03. The lowest BCUT2D eigenvalue weighted by atomic mass is 9.72. The van der Waals surface area contributed by atoms with Gasteiger partial charge in [-0.05, 0) is 33.1 Å². The minimum atomic E-state index is -0.480. The van der Waals surface area contributed by atoms with Crippen molar-refractivity contribution in [1.82, 2.24) is 15.8 Å². The highest BCUT2D eigenvalue weighted by atomic mass is 16.6. The molecule has 0 bridgehead atoms. The largest absolute Gasteiger partial charge is 0.444 e. The fourth-order valence-corrected chi connectivity index (χ4v) is 3.10. The lowest BCUT2D eigenvalue weighted by Gasteiger charge is -2.45. The van der Waals surface area contributed by atoms with Gasteiger partial charge in [0.15, 0.2) is 0 Å². The number of carbonyl (C=O) groups is 2. The van der Waals surface area contributed by atoms with E-state index in [4.69, 9.17) is 4.74 Å². The van der Waals surface area contributed by atoms with Crippen molar-refractivity contribution in [3.05, 3.63) is 0 Å². The molecule has 0 aromatic carbocycles. The van der Waals surface area contributed by atoms with Crippen LogP contribution >= 0.6 is 0 Å². The van der Waals surface area contributed by atoms with Crippen LogP contribution < -0.4 is 10.9 Å². The average molecular weight is 283 g/mol. The molecule has 0 aliphatic carbocycles. The molecule has 1 spiro atoms. The summed E-state index contributed by atoms with van der Waals surface area (Å²) in [5.74, 6) is 0.124. The molecule has 0 aromatic rings. The summed E-state index contributed by atoms with van der Waals surface area (Å²) in [7, 11) is 0. The maximum Gasteiger partial charge on any atom is 0.410 e. The molecular weight excluding hydrogens is 258 g/mol. The van der Waals surface area contributed by atoms with Gasteiger partial charge in [-0.25, -0.2) is 10.2 Å². The molecular formula is C14H25N3O3. The van der Waals surface area contributed by atoms with E-state index in [0.717, 1.165) is 6.42 Å². The molecule has 2 saturated heterocycles. The molecule has 3 unspecified atom stereocenters. The molecule has 2 amide bonds. The lowest BCUT2D eigenvalue weighted by Crippen LogP contribution is -2.61. The second-order valence-corrected chi connectivity index (χ2v) is 6.95. The zero-order valence-corrected chi connectivity index (χ0v) is 12.9. The standard InChI is InChI=1S/C14H25N3O3/c1-9-8-17(12(19)20-13(3,4)5)7-6-14(9)10(2)11(18)15-16-14/h9-10,16H,6-8H2,1-5H3,(H,15,18). The first kappa shape index (κ1) is 15.1. The fourth-order valence-electron chi connectivity index (χ4n) is 3.10. The second-order valence-electron chi connectivity index (χ2n) is 6.95. The number of hydrogen-bond donors (Lipinski definition) is 2. The summed E-state index contributed by atoms with van der Waals surface area (Å²) in [5, 5.41) is 0. The Morgan fingerprint density at radius 1 is 1.40 bits per heavy atom. The zero-order valence-electron chi connectivity index (χ0n) is 12.9. The van der Waals surface area contributed by atoms with Gasteiger partial charge in [-0.15, -0.1) is 0 Å². The quantitative estimate of drug-likeness (QED) is 0.702. The predicted molar refractivity (Wildman–Crippen MR) is 74.8 cm³/mol. The van der Waals surface area contributed by atoms with Crippen molar-refractivity contribution >= 4 is 12.0 Å². The predicted octanol–water partition coefficient (Wildman–Crippen LogP) is 1.27. The van der Waals surface area contributed by atoms with E-state index in [1.165, 1.54) is 0 Å². The van der Waals surface area contributed by atoms with Crippen molar-refractivity contribution in [3.63, 3.8) is 0 Å². The normalized spacial score (nSPS) is 34.2. The van der Waals surface area contributed by atoms with Gasteiger partial charge in [-0.3, -0.25) is 10.2 Å². The number of carbonyl (C=O) groups excluding carboxylic acids is 2. The van der Waals surface area contributed by atoms with E-state index in [1.54, 1.807) is 4.90 Å². The number of amides is 2. The van der Waals surface area contributed by atoms with Crippen molar-refractivity contribution in [2.45, 2.75) is 52.2 Å². The van der Waals surface area contributed by atoms with E-state index in [2.05, 4.69) is 17.8 Å². The second kappa shape index (κ2) is 4.91. The first-order chi connectivity index (χ1) is 9.16. The molecule has 0 aromatic heterocycles. The number of likely N-dealkylation sites (tertiary alicyclic amines) is 1. The lowest BCUT2D eigenvalue weighted by molar-refractivity contribution is -0.123. The number of rotatable bonds is 0. The monoisotopic (exact) mass is 283 g/mol. The smallest absolute Gasteiger partial charge is 0.410 e. The number of nitrogens with one attached hydrogen (secondary N) is 2. The van der Waals surface area contributed by atoms with Crippen LogP contribution in [0.2, 0.25) is 0 Å². The summed E-state index contributed by atoms with van der Waals surface area (Å²) in [5.41, 5.74) is 5.13. The maximum absolute atomic E-state index is 12.1. The van der Waals surface area contributed by atoms with Gasteiger partial charge >= 0.3 is 6.09 Å². The van der Waals surface area contributed by atoms with Crippen molar-refractivity contribution in [2.24, 2.45) is 11.8 Å². The van der Waals surface area contributed by atoms with Crippen LogP contribution in [-0.2, 0) is 9.53 Å². The topological polar surface area (TPSA) is 70.7 Å². The molecule has 0 radical (unpaired) electrons. The highest BCUT2D eigenvalue weighted by Gasteiger charge is 2.52. The number of piperidine rings is 1. The van der Waals surface area contributed by atoms with Gasteiger partial charge in [0.05, 0.1) is 11.5 Å². The van der Waals surface area contributed by atoms with Gasteiger partial charge in [0.2, 0.25) is 5.91 Å². The van der Waals surface area contributed by atoms with Crippen LogP contribution in [0, 0.1) is 11.8 Å². The van der Waals surface area contributed by atoms with E-state index < -0.39 is 5.60 Å². The molecule has 2 fully saturated rings. The third-order valence-corrected chi connectivity index (χ3v) is 4.41. The molecule has 6 nitrogen and oxygen atoms in total. The van der Waals surface area contributed by atoms with Crippen LogP contribution in [0.4, 0.5) is 4.79 Å². The van der Waals surface area contributed by atoms with Crippen LogP contribution in [0.5, 0.6) is 0 Å². The van der Waals surface area contributed by atoms with Crippen molar-refractivity contribution in [1.29, 1.82) is 0 Å². The Labute approximate surface area is 120 Å². The van der Waals surface area contributed by atoms with E-state index in [0.29, 0.717) is 13.1 Å². The minimum absolute atomic E-state index is 0.0302. The van der Waals surface area contributed by atoms with E-state index >= 15 is 0 Å². The maximum atomic E-state index is 12.1. The van der Waals surface area contributed by atoms with Crippen LogP contribution in [0.1, 0.15) is 41.0 Å². The Morgan fingerprint density at radius 3 is 2.50 bits per heavy atom. The van der Waals surface area contributed by atoms with E-state index in [9.17, 15) is 9.59 Å². The number of hydrogen-bond acceptors (Lipinski definition) is 4. The molecule has 2 aliphatic heterocycles. The summed E-state index contributed by atoms with van der Waals surface area (Å²) < 4.78 is 5.41. The molecule has 2 heterocycles. The number of hydrazine groups is 1. The van der Waals surface area contributed by atoms with Gasteiger partial charge in [0.1, 0.15) is 5.60 Å². The summed E-state index contributed by atoms with van der Waals surface area (Å²) in [6.45, 7) is 10.8. The number of nitrogens with zero attached hydrogens (tertiary/aromatic N) is 1. The Morgan fingerprint density at radius 2 is 2.05 bits per heavy atom. The Bertz CT molecular complexity index is 418. The van der Waals surface area contributed by atoms with Crippen LogP contribution in [0.3, 0.4) is 0 Å². The Kier molecular flexibility index (Phi) is 3.71. The number of ether oxygens (including phenoxy) is 1. The fraction of sp³-hybridized carbons (Fsp3) is 0.857. The molecule has 3 atom stereocenters. The van der Waals surface area contributed by atoms with Gasteiger partial charge in [0.25, 0.3) is 0 Å².